The van der Waals surface area contributed by atoms with Crippen molar-refractivity contribution < 1.29 is 19.6 Å². The molecule has 20 heavy (non-hydrogen) atoms. The first-order valence-corrected chi connectivity index (χ1v) is 6.23. The van der Waals surface area contributed by atoms with E-state index in [9.17, 15) is 19.7 Å². The SMILES string of the molecule is O=C(O)CCCCC(=O)Nc1cc(Cl)ccc1[N+](=O)[O-]. The highest BCUT2D eigenvalue weighted by molar-refractivity contribution is 6.31. The molecule has 0 aliphatic carbocycles. The van der Waals surface area contributed by atoms with Gasteiger partial charge in [-0.1, -0.05) is 11.6 Å². The first-order chi connectivity index (χ1) is 9.40. The molecule has 0 aliphatic rings. The lowest BCUT2D eigenvalue weighted by Gasteiger charge is -2.06. The van der Waals surface area contributed by atoms with E-state index in [0.29, 0.717) is 12.8 Å². The van der Waals surface area contributed by atoms with Crippen LogP contribution in [0.15, 0.2) is 18.2 Å². The highest BCUT2D eigenvalue weighted by atomic mass is 35.5. The fraction of sp³-hybridized carbons (Fsp3) is 0.333. The van der Waals surface area contributed by atoms with Gasteiger partial charge in [0, 0.05) is 23.9 Å². The number of carbonyl (C=O) groups excluding carboxylic acids is 1. The van der Waals surface area contributed by atoms with Gasteiger partial charge < -0.3 is 10.4 Å². The molecule has 0 unspecified atom stereocenters. The largest absolute Gasteiger partial charge is 0.481 e. The van der Waals surface area contributed by atoms with E-state index in [0.717, 1.165) is 0 Å². The van der Waals surface area contributed by atoms with Crippen molar-refractivity contribution in [1.82, 2.24) is 0 Å². The van der Waals surface area contributed by atoms with E-state index in [2.05, 4.69) is 5.32 Å². The van der Waals surface area contributed by atoms with E-state index in [1.54, 1.807) is 0 Å². The number of nitrogens with one attached hydrogen (secondary N) is 1. The molecule has 0 spiro atoms. The van der Waals surface area contributed by atoms with Crippen LogP contribution in [0.5, 0.6) is 0 Å². The van der Waals surface area contributed by atoms with Crippen molar-refractivity contribution >= 4 is 34.9 Å². The van der Waals surface area contributed by atoms with Gasteiger partial charge >= 0.3 is 5.97 Å². The predicted octanol–water partition coefficient (Wildman–Crippen LogP) is 2.83. The van der Waals surface area contributed by atoms with Crippen molar-refractivity contribution in [2.75, 3.05) is 5.32 Å². The third-order valence-electron chi connectivity index (χ3n) is 2.47. The minimum Gasteiger partial charge on any atom is -0.481 e. The molecule has 108 valence electrons. The van der Waals surface area contributed by atoms with E-state index in [-0.39, 0.29) is 29.2 Å². The number of carboxylic acids is 1. The topological polar surface area (TPSA) is 110 Å². The minimum absolute atomic E-state index is 0.00933. The zero-order valence-corrected chi connectivity index (χ0v) is 11.2. The van der Waals surface area contributed by atoms with Crippen LogP contribution in [-0.2, 0) is 9.59 Å². The average Bonchev–Trinajstić information content (AvgIpc) is 2.34. The normalized spacial score (nSPS) is 10.1. The maximum absolute atomic E-state index is 11.6. The molecule has 1 aromatic carbocycles. The van der Waals surface area contributed by atoms with E-state index in [4.69, 9.17) is 16.7 Å². The number of nitro groups is 1. The van der Waals surface area contributed by atoms with Gasteiger partial charge in [-0.05, 0) is 25.0 Å². The number of carbonyl (C=O) groups is 2. The first kappa shape index (κ1) is 15.9. The quantitative estimate of drug-likeness (QED) is 0.457. The lowest BCUT2D eigenvalue weighted by molar-refractivity contribution is -0.383. The van der Waals surface area contributed by atoms with Gasteiger partial charge in [0.1, 0.15) is 5.69 Å². The molecule has 7 nitrogen and oxygen atoms in total. The lowest BCUT2D eigenvalue weighted by atomic mass is 10.2. The fourth-order valence-electron chi connectivity index (χ4n) is 1.54. The number of amides is 1. The number of hydrogen-bond donors (Lipinski definition) is 2. The summed E-state index contributed by atoms with van der Waals surface area (Å²) < 4.78 is 0. The zero-order valence-electron chi connectivity index (χ0n) is 10.5. The summed E-state index contributed by atoms with van der Waals surface area (Å²) in [6, 6.07) is 3.87. The van der Waals surface area contributed by atoms with E-state index in [1.807, 2.05) is 0 Å². The molecule has 1 rings (SSSR count). The van der Waals surface area contributed by atoms with Crippen LogP contribution in [-0.4, -0.2) is 21.9 Å². The summed E-state index contributed by atoms with van der Waals surface area (Å²) in [5.74, 6) is -1.34. The Balaban J connectivity index is 2.59. The van der Waals surface area contributed by atoms with Gasteiger partial charge in [0.05, 0.1) is 4.92 Å². The van der Waals surface area contributed by atoms with E-state index >= 15 is 0 Å². The first-order valence-electron chi connectivity index (χ1n) is 5.85. The molecule has 8 heteroatoms. The smallest absolute Gasteiger partial charge is 0.303 e. The van der Waals surface area contributed by atoms with Crippen molar-refractivity contribution in [2.24, 2.45) is 0 Å². The van der Waals surface area contributed by atoms with Gasteiger partial charge in [0.2, 0.25) is 5.91 Å². The molecular formula is C12H13ClN2O5. The average molecular weight is 301 g/mol. The Morgan fingerprint density at radius 1 is 1.30 bits per heavy atom. The zero-order chi connectivity index (χ0) is 15.1. The van der Waals surface area contributed by atoms with Crippen LogP contribution in [0, 0.1) is 10.1 Å². The van der Waals surface area contributed by atoms with Gasteiger partial charge in [-0.15, -0.1) is 0 Å². The predicted molar refractivity (Wildman–Crippen MR) is 72.8 cm³/mol. The van der Waals surface area contributed by atoms with Crippen LogP contribution >= 0.6 is 11.6 Å². The second kappa shape index (κ2) is 7.44. The Kier molecular flexibility index (Phi) is 5.92. The summed E-state index contributed by atoms with van der Waals surface area (Å²) in [6.07, 6.45) is 0.856. The maximum atomic E-state index is 11.6. The summed E-state index contributed by atoms with van der Waals surface area (Å²) >= 11 is 5.73. The number of halogens is 1. The standard InChI is InChI=1S/C12H13ClN2O5/c13-8-5-6-10(15(19)20)9(7-8)14-11(16)3-1-2-4-12(17)18/h5-7H,1-4H2,(H,14,16)(H,17,18). The van der Waals surface area contributed by atoms with Crippen LogP contribution in [0.3, 0.4) is 0 Å². The molecule has 0 radical (unpaired) electrons. The number of benzene rings is 1. The molecule has 0 aliphatic heterocycles. The Hall–Kier alpha value is -2.15. The number of anilines is 1. The number of aliphatic carboxylic acids is 1. The van der Waals surface area contributed by atoms with Crippen LogP contribution in [0.4, 0.5) is 11.4 Å². The van der Waals surface area contributed by atoms with Crippen LogP contribution in [0.1, 0.15) is 25.7 Å². The van der Waals surface area contributed by atoms with Crippen molar-refractivity contribution in [3.63, 3.8) is 0 Å². The molecule has 0 bridgehead atoms. The van der Waals surface area contributed by atoms with Gasteiger partial charge in [-0.2, -0.15) is 0 Å². The highest BCUT2D eigenvalue weighted by Gasteiger charge is 2.16. The number of unbranched alkanes of at least 4 members (excludes halogenated alkanes) is 1. The Morgan fingerprint density at radius 3 is 2.55 bits per heavy atom. The molecule has 0 aromatic heterocycles. The third-order valence-corrected chi connectivity index (χ3v) is 2.71. The Morgan fingerprint density at radius 2 is 1.95 bits per heavy atom. The molecule has 0 saturated carbocycles. The molecule has 0 heterocycles. The molecule has 1 amide bonds. The van der Waals surface area contributed by atoms with E-state index in [1.165, 1.54) is 18.2 Å². The second-order valence-corrected chi connectivity index (χ2v) is 4.50. The van der Waals surface area contributed by atoms with Gasteiger partial charge in [-0.25, -0.2) is 0 Å². The number of nitro benzene ring substituents is 1. The van der Waals surface area contributed by atoms with Crippen molar-refractivity contribution in [1.29, 1.82) is 0 Å². The molecular weight excluding hydrogens is 288 g/mol. The molecule has 1 aromatic rings. The van der Waals surface area contributed by atoms with Crippen LogP contribution in [0.25, 0.3) is 0 Å². The van der Waals surface area contributed by atoms with Crippen molar-refractivity contribution in [3.05, 3.63) is 33.3 Å². The van der Waals surface area contributed by atoms with Gasteiger partial charge in [0.25, 0.3) is 5.69 Å². The second-order valence-electron chi connectivity index (χ2n) is 4.07. The van der Waals surface area contributed by atoms with Gasteiger partial charge in [-0.3, -0.25) is 19.7 Å². The third kappa shape index (κ3) is 5.23. The number of hydrogen-bond acceptors (Lipinski definition) is 4. The number of carboxylic acid groups (broad SMARTS) is 1. The molecule has 0 saturated heterocycles. The van der Waals surface area contributed by atoms with E-state index < -0.39 is 16.8 Å². The monoisotopic (exact) mass is 300 g/mol. The Bertz CT molecular complexity index is 533. The molecule has 0 atom stereocenters. The summed E-state index contributed by atoms with van der Waals surface area (Å²) in [5.41, 5.74) is -0.209. The summed E-state index contributed by atoms with van der Waals surface area (Å²) in [6.45, 7) is 0. The summed E-state index contributed by atoms with van der Waals surface area (Å²) in [7, 11) is 0. The summed E-state index contributed by atoms with van der Waals surface area (Å²) in [4.78, 5) is 32.1. The molecule has 0 fully saturated rings. The Labute approximate surface area is 119 Å². The lowest BCUT2D eigenvalue weighted by Crippen LogP contribution is -2.12. The number of nitrogens with zero attached hydrogens (tertiary/aromatic N) is 1. The van der Waals surface area contributed by atoms with Crippen molar-refractivity contribution in [3.8, 4) is 0 Å². The van der Waals surface area contributed by atoms with Crippen LogP contribution < -0.4 is 5.32 Å². The highest BCUT2D eigenvalue weighted by Crippen LogP contribution is 2.27. The van der Waals surface area contributed by atoms with Crippen LogP contribution in [0.2, 0.25) is 5.02 Å². The van der Waals surface area contributed by atoms with Crippen molar-refractivity contribution in [2.45, 2.75) is 25.7 Å². The number of rotatable bonds is 7. The fourth-order valence-corrected chi connectivity index (χ4v) is 1.71. The maximum Gasteiger partial charge on any atom is 0.303 e. The summed E-state index contributed by atoms with van der Waals surface area (Å²) in [5, 5.41) is 21.9. The van der Waals surface area contributed by atoms with Gasteiger partial charge in [0.15, 0.2) is 0 Å². The minimum atomic E-state index is -0.920. The molecule has 2 N–H and O–H groups in total.